The number of aromatic nitrogens is 3. The molecule has 1 aliphatic rings. The van der Waals surface area contributed by atoms with Crippen molar-refractivity contribution >= 4 is 10.9 Å². The average molecular weight is 336 g/mol. The van der Waals surface area contributed by atoms with Crippen LogP contribution in [0.1, 0.15) is 55.8 Å². The topological polar surface area (TPSA) is 63.8 Å². The van der Waals surface area contributed by atoms with Gasteiger partial charge in [0, 0.05) is 36.5 Å². The second kappa shape index (κ2) is 7.31. The van der Waals surface area contributed by atoms with E-state index in [4.69, 9.17) is 4.52 Å². The van der Waals surface area contributed by atoms with Crippen LogP contribution in [0.15, 0.2) is 41.1 Å². The molecule has 25 heavy (non-hydrogen) atoms. The van der Waals surface area contributed by atoms with Gasteiger partial charge in [-0.25, -0.2) is 0 Å². The third-order valence-corrected chi connectivity index (χ3v) is 5.14. The Bertz CT molecular complexity index is 836. The molecule has 1 saturated carbocycles. The van der Waals surface area contributed by atoms with E-state index < -0.39 is 0 Å². The first-order valence-corrected chi connectivity index (χ1v) is 9.21. The first-order chi connectivity index (χ1) is 12.3. The Morgan fingerprint density at radius 1 is 1.16 bits per heavy atom. The Kier molecular flexibility index (Phi) is 4.74. The number of pyridine rings is 1. The van der Waals surface area contributed by atoms with Crippen molar-refractivity contribution in [3.8, 4) is 0 Å². The van der Waals surface area contributed by atoms with E-state index in [1.54, 1.807) is 0 Å². The lowest BCUT2D eigenvalue weighted by molar-refractivity contribution is 0.281. The number of hydrogen-bond acceptors (Lipinski definition) is 5. The largest absolute Gasteiger partial charge is 0.339 e. The Hall–Kier alpha value is -2.27. The molecule has 0 aliphatic heterocycles. The molecule has 1 fully saturated rings. The maximum absolute atomic E-state index is 5.41. The van der Waals surface area contributed by atoms with Crippen LogP contribution in [-0.4, -0.2) is 21.2 Å². The molecule has 2 aromatic heterocycles. The maximum atomic E-state index is 5.41. The zero-order chi connectivity index (χ0) is 17.1. The first kappa shape index (κ1) is 16.2. The third-order valence-electron chi connectivity index (χ3n) is 5.14. The van der Waals surface area contributed by atoms with Gasteiger partial charge in [-0.15, -0.1) is 0 Å². The van der Waals surface area contributed by atoms with E-state index in [-0.39, 0.29) is 0 Å². The van der Waals surface area contributed by atoms with Gasteiger partial charge in [0.1, 0.15) is 0 Å². The summed E-state index contributed by atoms with van der Waals surface area (Å²) in [6.07, 6.45) is 7.22. The molecule has 4 rings (SSSR count). The average Bonchev–Trinajstić information content (AvgIpc) is 3.16. The summed E-state index contributed by atoms with van der Waals surface area (Å²) in [6.45, 7) is 2.96. The maximum Gasteiger partial charge on any atom is 0.229 e. The lowest BCUT2D eigenvalue weighted by Gasteiger charge is -2.27. The molecule has 0 amide bonds. The third kappa shape index (κ3) is 3.71. The number of benzene rings is 1. The minimum Gasteiger partial charge on any atom is -0.339 e. The predicted octanol–water partition coefficient (Wildman–Crippen LogP) is 4.00. The molecule has 1 aromatic carbocycles. The van der Waals surface area contributed by atoms with Gasteiger partial charge in [0.05, 0.1) is 5.52 Å². The molecular weight excluding hydrogens is 312 g/mol. The van der Waals surface area contributed by atoms with E-state index in [9.17, 15) is 0 Å². The second-order valence-corrected chi connectivity index (χ2v) is 6.86. The quantitative estimate of drug-likeness (QED) is 0.763. The Balaban J connectivity index is 1.30. The molecular formula is C20H24N4O. The molecule has 5 heteroatoms. The zero-order valence-corrected chi connectivity index (χ0v) is 14.6. The van der Waals surface area contributed by atoms with Gasteiger partial charge in [-0.05, 0) is 49.4 Å². The van der Waals surface area contributed by atoms with Crippen LogP contribution in [0.3, 0.4) is 0 Å². The highest BCUT2D eigenvalue weighted by molar-refractivity contribution is 5.78. The predicted molar refractivity (Wildman–Crippen MR) is 97.3 cm³/mol. The van der Waals surface area contributed by atoms with Gasteiger partial charge in [0.25, 0.3) is 0 Å². The van der Waals surface area contributed by atoms with Crippen molar-refractivity contribution in [2.75, 3.05) is 0 Å². The van der Waals surface area contributed by atoms with Crippen molar-refractivity contribution in [1.82, 2.24) is 20.4 Å². The highest BCUT2D eigenvalue weighted by Gasteiger charge is 2.26. The fraction of sp³-hybridized carbons (Fsp3) is 0.450. The van der Waals surface area contributed by atoms with E-state index in [1.807, 2.05) is 12.3 Å². The fourth-order valence-electron chi connectivity index (χ4n) is 3.62. The van der Waals surface area contributed by atoms with Gasteiger partial charge >= 0.3 is 0 Å². The minimum atomic E-state index is 0.428. The summed E-state index contributed by atoms with van der Waals surface area (Å²) in [5.74, 6) is 2.08. The number of nitrogens with one attached hydrogen (secondary N) is 1. The summed E-state index contributed by atoms with van der Waals surface area (Å²) in [4.78, 5) is 8.87. The van der Waals surface area contributed by atoms with Crippen molar-refractivity contribution in [1.29, 1.82) is 0 Å². The molecule has 0 saturated heterocycles. The second-order valence-electron chi connectivity index (χ2n) is 6.86. The van der Waals surface area contributed by atoms with Crippen molar-refractivity contribution < 1.29 is 4.52 Å². The molecule has 5 nitrogen and oxygen atoms in total. The molecule has 0 bridgehead atoms. The molecule has 0 atom stereocenters. The van der Waals surface area contributed by atoms with Crippen molar-refractivity contribution in [2.24, 2.45) is 0 Å². The molecule has 2 heterocycles. The van der Waals surface area contributed by atoms with Gasteiger partial charge in [-0.2, -0.15) is 4.98 Å². The van der Waals surface area contributed by atoms with E-state index in [1.165, 1.54) is 10.9 Å². The van der Waals surface area contributed by atoms with E-state index in [0.717, 1.165) is 55.9 Å². The monoisotopic (exact) mass is 336 g/mol. The van der Waals surface area contributed by atoms with Crippen molar-refractivity contribution in [3.05, 3.63) is 53.8 Å². The highest BCUT2D eigenvalue weighted by atomic mass is 16.5. The van der Waals surface area contributed by atoms with Crippen molar-refractivity contribution in [3.63, 3.8) is 0 Å². The van der Waals surface area contributed by atoms with Gasteiger partial charge in [-0.3, -0.25) is 4.98 Å². The van der Waals surface area contributed by atoms with Gasteiger partial charge in [0.15, 0.2) is 5.82 Å². The standard InChI is InChI=1S/C20H24N4O/c1-2-19-23-20(25-24-19)15-6-8-17(9-7-15)22-13-14-5-10-18-16(12-14)4-3-11-21-18/h3-5,10-12,15,17,22H,2,6-9,13H2,1H3. The molecule has 130 valence electrons. The van der Waals surface area contributed by atoms with Gasteiger partial charge in [-0.1, -0.05) is 24.2 Å². The number of hydrogen-bond donors (Lipinski definition) is 1. The summed E-state index contributed by atoms with van der Waals surface area (Å²) in [5, 5.41) is 8.93. The van der Waals surface area contributed by atoms with Crippen LogP contribution >= 0.6 is 0 Å². The summed E-state index contributed by atoms with van der Waals surface area (Å²) < 4.78 is 5.41. The minimum absolute atomic E-state index is 0.428. The lowest BCUT2D eigenvalue weighted by Crippen LogP contribution is -2.32. The van der Waals surface area contributed by atoms with Crippen LogP contribution in [0.25, 0.3) is 10.9 Å². The van der Waals surface area contributed by atoms with Crippen LogP contribution in [-0.2, 0) is 13.0 Å². The Labute approximate surface area is 147 Å². The van der Waals surface area contributed by atoms with E-state index >= 15 is 0 Å². The Morgan fingerprint density at radius 3 is 2.84 bits per heavy atom. The molecule has 0 unspecified atom stereocenters. The van der Waals surface area contributed by atoms with Gasteiger partial charge in [0.2, 0.25) is 5.89 Å². The molecule has 3 aromatic rings. The van der Waals surface area contributed by atoms with Crippen LogP contribution in [0.2, 0.25) is 0 Å². The van der Waals surface area contributed by atoms with Crippen LogP contribution in [0.4, 0.5) is 0 Å². The first-order valence-electron chi connectivity index (χ1n) is 9.21. The summed E-state index contributed by atoms with van der Waals surface area (Å²) in [7, 11) is 0. The SMILES string of the molecule is CCc1noc(C2CCC(NCc3ccc4ncccc4c3)CC2)n1. The summed E-state index contributed by atoms with van der Waals surface area (Å²) in [5.41, 5.74) is 2.37. The van der Waals surface area contributed by atoms with E-state index in [2.05, 4.69) is 51.6 Å². The van der Waals surface area contributed by atoms with Crippen LogP contribution < -0.4 is 5.32 Å². The molecule has 1 aliphatic carbocycles. The summed E-state index contributed by atoms with van der Waals surface area (Å²) in [6, 6.07) is 11.2. The normalized spacial score (nSPS) is 20.8. The number of fused-ring (bicyclic) bond motifs is 1. The van der Waals surface area contributed by atoms with Crippen LogP contribution in [0, 0.1) is 0 Å². The molecule has 0 radical (unpaired) electrons. The molecule has 1 N–H and O–H groups in total. The number of aryl methyl sites for hydroxylation is 1. The zero-order valence-electron chi connectivity index (χ0n) is 14.6. The Morgan fingerprint density at radius 2 is 2.04 bits per heavy atom. The highest BCUT2D eigenvalue weighted by Crippen LogP contribution is 2.32. The smallest absolute Gasteiger partial charge is 0.229 e. The number of nitrogens with zero attached hydrogens (tertiary/aromatic N) is 3. The lowest BCUT2D eigenvalue weighted by atomic mass is 9.86. The van der Waals surface area contributed by atoms with Crippen LogP contribution in [0.5, 0.6) is 0 Å². The van der Waals surface area contributed by atoms with E-state index in [0.29, 0.717) is 12.0 Å². The summed E-state index contributed by atoms with van der Waals surface area (Å²) >= 11 is 0. The fourth-order valence-corrected chi connectivity index (χ4v) is 3.62. The van der Waals surface area contributed by atoms with Gasteiger partial charge < -0.3 is 9.84 Å². The number of rotatable bonds is 5. The molecule has 0 spiro atoms. The van der Waals surface area contributed by atoms with Crippen molar-refractivity contribution in [2.45, 2.75) is 57.5 Å².